The molecule has 9 heteroatoms. The van der Waals surface area contributed by atoms with E-state index in [2.05, 4.69) is 10.6 Å². The van der Waals surface area contributed by atoms with Crippen molar-refractivity contribution in [3.05, 3.63) is 59.7 Å². The van der Waals surface area contributed by atoms with E-state index in [0.29, 0.717) is 0 Å². The van der Waals surface area contributed by atoms with Crippen LogP contribution in [-0.2, 0) is 19.1 Å². The molecule has 1 aliphatic carbocycles. The number of aliphatic hydroxyl groups is 1. The minimum absolute atomic E-state index is 0.0729. The largest absolute Gasteiger partial charge is 0.480 e. The molecule has 170 valence electrons. The zero-order valence-corrected chi connectivity index (χ0v) is 17.6. The number of hydrogen-bond acceptors (Lipinski definition) is 6. The molecule has 9 nitrogen and oxygen atoms in total. The summed E-state index contributed by atoms with van der Waals surface area (Å²) in [7, 11) is 1.35. The first kappa shape index (κ1) is 23.2. The SMILES string of the molecule is COC[C@H](NC(=O)OCC1c2ccccc2-c2ccccc21)C(=O)NC(CCO)C(=O)O. The summed E-state index contributed by atoms with van der Waals surface area (Å²) in [6, 6.07) is 13.4. The van der Waals surface area contributed by atoms with Gasteiger partial charge in [-0.2, -0.15) is 0 Å². The maximum atomic E-state index is 12.4. The Balaban J connectivity index is 1.64. The molecule has 2 aromatic rings. The third-order valence-corrected chi connectivity index (χ3v) is 5.32. The van der Waals surface area contributed by atoms with Crippen molar-refractivity contribution < 1.29 is 34.1 Å². The summed E-state index contributed by atoms with van der Waals surface area (Å²) < 4.78 is 10.4. The Labute approximate surface area is 185 Å². The van der Waals surface area contributed by atoms with Gasteiger partial charge in [-0.3, -0.25) is 4.79 Å². The zero-order valence-electron chi connectivity index (χ0n) is 17.6. The van der Waals surface area contributed by atoms with Gasteiger partial charge >= 0.3 is 12.1 Å². The van der Waals surface area contributed by atoms with Gasteiger partial charge in [0.25, 0.3) is 0 Å². The molecule has 4 N–H and O–H groups in total. The van der Waals surface area contributed by atoms with Gasteiger partial charge < -0.3 is 30.3 Å². The lowest BCUT2D eigenvalue weighted by atomic mass is 9.98. The van der Waals surface area contributed by atoms with Crippen LogP contribution in [0.15, 0.2) is 48.5 Å². The normalized spacial score (nSPS) is 14.1. The van der Waals surface area contributed by atoms with Crippen molar-refractivity contribution in [1.82, 2.24) is 10.6 Å². The number of amides is 2. The van der Waals surface area contributed by atoms with Crippen LogP contribution < -0.4 is 10.6 Å². The first-order valence-electron chi connectivity index (χ1n) is 10.2. The third kappa shape index (κ3) is 5.24. The minimum Gasteiger partial charge on any atom is -0.480 e. The number of carboxylic acid groups (broad SMARTS) is 1. The average Bonchev–Trinajstić information content (AvgIpc) is 3.10. The van der Waals surface area contributed by atoms with Gasteiger partial charge in [-0.1, -0.05) is 48.5 Å². The number of hydrogen-bond donors (Lipinski definition) is 4. The molecule has 0 aliphatic heterocycles. The van der Waals surface area contributed by atoms with Crippen LogP contribution in [0.1, 0.15) is 23.5 Å². The Morgan fingerprint density at radius 2 is 1.56 bits per heavy atom. The van der Waals surface area contributed by atoms with Crippen molar-refractivity contribution in [3.63, 3.8) is 0 Å². The number of methoxy groups -OCH3 is 1. The van der Waals surface area contributed by atoms with Gasteiger partial charge in [-0.15, -0.1) is 0 Å². The van der Waals surface area contributed by atoms with E-state index in [-0.39, 0.29) is 25.6 Å². The van der Waals surface area contributed by atoms with Crippen molar-refractivity contribution in [2.24, 2.45) is 0 Å². The Bertz CT molecular complexity index is 933. The van der Waals surface area contributed by atoms with E-state index < -0.39 is 36.7 Å². The number of ether oxygens (including phenoxy) is 2. The number of benzene rings is 2. The molecular formula is C23H26N2O7. The fourth-order valence-corrected chi connectivity index (χ4v) is 3.79. The first-order valence-corrected chi connectivity index (χ1v) is 10.2. The molecule has 32 heavy (non-hydrogen) atoms. The van der Waals surface area contributed by atoms with E-state index in [9.17, 15) is 14.4 Å². The molecule has 1 unspecified atom stereocenters. The van der Waals surface area contributed by atoms with Gasteiger partial charge in [0.15, 0.2) is 0 Å². The molecule has 3 rings (SSSR count). The van der Waals surface area contributed by atoms with E-state index in [1.807, 2.05) is 48.5 Å². The second-order valence-electron chi connectivity index (χ2n) is 7.39. The predicted molar refractivity (Wildman–Crippen MR) is 115 cm³/mol. The number of alkyl carbamates (subject to hydrolysis) is 1. The lowest BCUT2D eigenvalue weighted by Gasteiger charge is -2.21. The highest BCUT2D eigenvalue weighted by Crippen LogP contribution is 2.44. The van der Waals surface area contributed by atoms with E-state index in [1.54, 1.807) is 0 Å². The van der Waals surface area contributed by atoms with E-state index in [0.717, 1.165) is 22.3 Å². The van der Waals surface area contributed by atoms with Gasteiger partial charge in [0.1, 0.15) is 18.7 Å². The number of carboxylic acids is 1. The number of nitrogens with one attached hydrogen (secondary N) is 2. The Morgan fingerprint density at radius 1 is 0.969 bits per heavy atom. The number of fused-ring (bicyclic) bond motifs is 3. The molecule has 1 aliphatic rings. The van der Waals surface area contributed by atoms with E-state index in [1.165, 1.54) is 7.11 Å². The highest BCUT2D eigenvalue weighted by Gasteiger charge is 2.30. The van der Waals surface area contributed by atoms with Crippen LogP contribution in [0.25, 0.3) is 11.1 Å². The third-order valence-electron chi connectivity index (χ3n) is 5.32. The maximum absolute atomic E-state index is 12.4. The molecule has 0 saturated heterocycles. The second-order valence-corrected chi connectivity index (χ2v) is 7.39. The van der Waals surface area contributed by atoms with Crippen molar-refractivity contribution in [2.75, 3.05) is 26.9 Å². The Hall–Kier alpha value is -3.43. The predicted octanol–water partition coefficient (Wildman–Crippen LogP) is 1.49. The molecule has 0 spiro atoms. The van der Waals surface area contributed by atoms with Crippen LogP contribution in [0.2, 0.25) is 0 Å². The van der Waals surface area contributed by atoms with Gasteiger partial charge in [0.05, 0.1) is 6.61 Å². The van der Waals surface area contributed by atoms with Gasteiger partial charge in [0.2, 0.25) is 5.91 Å². The second kappa shape index (κ2) is 10.7. The van der Waals surface area contributed by atoms with Crippen molar-refractivity contribution in [1.29, 1.82) is 0 Å². The summed E-state index contributed by atoms with van der Waals surface area (Å²) in [5, 5.41) is 22.8. The van der Waals surface area contributed by atoms with Crippen LogP contribution in [-0.4, -0.2) is 67.2 Å². The number of aliphatic carboxylic acids is 1. The Kier molecular flexibility index (Phi) is 7.80. The number of aliphatic hydroxyl groups excluding tert-OH is 1. The monoisotopic (exact) mass is 442 g/mol. The summed E-state index contributed by atoms with van der Waals surface area (Å²) >= 11 is 0. The summed E-state index contributed by atoms with van der Waals surface area (Å²) in [6.45, 7) is -0.517. The number of rotatable bonds is 10. The molecule has 0 fully saturated rings. The average molecular weight is 442 g/mol. The summed E-state index contributed by atoms with van der Waals surface area (Å²) in [4.78, 5) is 36.1. The molecule has 2 amide bonds. The molecular weight excluding hydrogens is 416 g/mol. The van der Waals surface area contributed by atoms with Crippen molar-refractivity contribution in [3.8, 4) is 11.1 Å². The van der Waals surface area contributed by atoms with E-state index in [4.69, 9.17) is 19.7 Å². The molecule has 0 heterocycles. The fraction of sp³-hybridized carbons (Fsp3) is 0.348. The van der Waals surface area contributed by atoms with Crippen LogP contribution in [0.3, 0.4) is 0 Å². The molecule has 2 aromatic carbocycles. The topological polar surface area (TPSA) is 134 Å². The van der Waals surface area contributed by atoms with Crippen LogP contribution in [0, 0.1) is 0 Å². The number of carbonyl (C=O) groups excluding carboxylic acids is 2. The Morgan fingerprint density at radius 3 is 2.09 bits per heavy atom. The van der Waals surface area contributed by atoms with Crippen LogP contribution in [0.5, 0.6) is 0 Å². The number of carbonyl (C=O) groups is 3. The molecule has 0 bridgehead atoms. The van der Waals surface area contributed by atoms with Gasteiger partial charge in [0, 0.05) is 26.1 Å². The zero-order chi connectivity index (χ0) is 23.1. The van der Waals surface area contributed by atoms with Crippen molar-refractivity contribution >= 4 is 18.0 Å². The first-order chi connectivity index (χ1) is 15.5. The van der Waals surface area contributed by atoms with E-state index >= 15 is 0 Å². The molecule has 0 radical (unpaired) electrons. The van der Waals surface area contributed by atoms with Crippen molar-refractivity contribution in [2.45, 2.75) is 24.4 Å². The standard InChI is InChI=1S/C23H26N2O7/c1-31-13-20(21(27)24-19(10-11-26)22(28)29)25-23(30)32-12-18-16-8-4-2-6-14(16)15-7-3-5-9-17(15)18/h2-9,18-20,26H,10-13H2,1H3,(H,24,27)(H,25,30)(H,28,29)/t19?,20-/m0/s1. The lowest BCUT2D eigenvalue weighted by molar-refractivity contribution is -0.142. The summed E-state index contributed by atoms with van der Waals surface area (Å²) in [5.41, 5.74) is 4.30. The molecule has 0 aromatic heterocycles. The van der Waals surface area contributed by atoms with Gasteiger partial charge in [-0.25, -0.2) is 9.59 Å². The minimum atomic E-state index is -1.29. The highest BCUT2D eigenvalue weighted by atomic mass is 16.5. The fourth-order valence-electron chi connectivity index (χ4n) is 3.79. The smallest absolute Gasteiger partial charge is 0.407 e. The van der Waals surface area contributed by atoms with Crippen LogP contribution in [0.4, 0.5) is 4.79 Å². The van der Waals surface area contributed by atoms with Gasteiger partial charge in [-0.05, 0) is 22.3 Å². The lowest BCUT2D eigenvalue weighted by Crippen LogP contribution is -2.53. The molecule has 2 atom stereocenters. The quantitative estimate of drug-likeness (QED) is 0.438. The van der Waals surface area contributed by atoms with Crippen LogP contribution >= 0.6 is 0 Å². The molecule has 0 saturated carbocycles. The maximum Gasteiger partial charge on any atom is 0.407 e. The summed E-state index contributed by atoms with van der Waals surface area (Å²) in [6.07, 6.45) is -0.982. The summed E-state index contributed by atoms with van der Waals surface area (Å²) in [5.74, 6) is -2.17. The highest BCUT2D eigenvalue weighted by molar-refractivity contribution is 5.89.